The third kappa shape index (κ3) is 3.15. The third-order valence-corrected chi connectivity index (χ3v) is 3.78. The minimum Gasteiger partial charge on any atom is -0.381 e. The topological polar surface area (TPSA) is 84.9 Å². The molecule has 0 radical (unpaired) electrons. The van der Waals surface area contributed by atoms with Crippen LogP contribution in [0.1, 0.15) is 34.5 Å². The van der Waals surface area contributed by atoms with Gasteiger partial charge in [-0.3, -0.25) is 0 Å². The number of hydrogen-bond acceptors (Lipinski definition) is 5. The van der Waals surface area contributed by atoms with Crippen LogP contribution in [0, 0.1) is 0 Å². The minimum absolute atomic E-state index is 0.0448. The quantitative estimate of drug-likeness (QED) is 0.671. The van der Waals surface area contributed by atoms with Gasteiger partial charge in [0.25, 0.3) is 0 Å². The fourth-order valence-corrected chi connectivity index (χ4v) is 2.65. The molecule has 2 aromatic rings. The summed E-state index contributed by atoms with van der Waals surface area (Å²) in [6, 6.07) is 5.44. The standard InChI is InChI=1S/C15H12F3N3O3/c16-15(17,18)14(23)24-13(22)12-11(19-21-20-12)10-6-5-8-3-1-2-4-9(8)7-10/h5-7H,1-4H2,(H,19,20,21). The maximum Gasteiger partial charge on any atom is 0.491 e. The molecule has 0 spiro atoms. The lowest BCUT2D eigenvalue weighted by Crippen LogP contribution is -2.28. The van der Waals surface area contributed by atoms with Crippen molar-refractivity contribution in [3.63, 3.8) is 0 Å². The van der Waals surface area contributed by atoms with Gasteiger partial charge in [0, 0.05) is 5.56 Å². The second kappa shape index (κ2) is 6.06. The molecule has 0 unspecified atom stereocenters. The van der Waals surface area contributed by atoms with E-state index in [9.17, 15) is 22.8 Å². The van der Waals surface area contributed by atoms with Crippen LogP contribution in [0.5, 0.6) is 0 Å². The van der Waals surface area contributed by atoms with Crippen molar-refractivity contribution in [3.05, 3.63) is 35.0 Å². The molecule has 0 fully saturated rings. The molecule has 1 aromatic carbocycles. The molecule has 1 aliphatic rings. The second-order valence-corrected chi connectivity index (χ2v) is 5.39. The number of nitrogens with one attached hydrogen (secondary N) is 1. The van der Waals surface area contributed by atoms with Gasteiger partial charge in [-0.05, 0) is 42.9 Å². The Morgan fingerprint density at radius 3 is 2.50 bits per heavy atom. The molecule has 3 rings (SSSR count). The number of H-pyrrole nitrogens is 1. The van der Waals surface area contributed by atoms with E-state index in [1.54, 1.807) is 6.07 Å². The predicted octanol–water partition coefficient (Wildman–Crippen LogP) is 2.60. The predicted molar refractivity (Wildman–Crippen MR) is 74.9 cm³/mol. The van der Waals surface area contributed by atoms with E-state index >= 15 is 0 Å². The van der Waals surface area contributed by atoms with Gasteiger partial charge < -0.3 is 4.74 Å². The summed E-state index contributed by atoms with van der Waals surface area (Å²) in [6.45, 7) is 0. The Balaban J connectivity index is 1.88. The molecule has 1 aromatic heterocycles. The smallest absolute Gasteiger partial charge is 0.381 e. The van der Waals surface area contributed by atoms with Crippen molar-refractivity contribution in [2.45, 2.75) is 31.9 Å². The summed E-state index contributed by atoms with van der Waals surface area (Å²) in [7, 11) is 0. The summed E-state index contributed by atoms with van der Waals surface area (Å²) in [5.74, 6) is -4.09. The van der Waals surface area contributed by atoms with Crippen molar-refractivity contribution < 1.29 is 27.5 Å². The van der Waals surface area contributed by atoms with Crippen molar-refractivity contribution >= 4 is 11.9 Å². The lowest BCUT2D eigenvalue weighted by atomic mass is 9.90. The van der Waals surface area contributed by atoms with Crippen LogP contribution in [-0.4, -0.2) is 33.5 Å². The molecule has 1 N–H and O–H groups in total. The molecule has 6 nitrogen and oxygen atoms in total. The highest BCUT2D eigenvalue weighted by atomic mass is 19.4. The van der Waals surface area contributed by atoms with E-state index < -0.39 is 23.8 Å². The Morgan fingerprint density at radius 2 is 1.79 bits per heavy atom. The summed E-state index contributed by atoms with van der Waals surface area (Å²) in [4.78, 5) is 22.6. The van der Waals surface area contributed by atoms with Crippen LogP contribution in [0.4, 0.5) is 13.2 Å². The van der Waals surface area contributed by atoms with Crippen LogP contribution in [0.15, 0.2) is 18.2 Å². The molecule has 0 saturated carbocycles. The molecule has 1 aliphatic carbocycles. The number of benzene rings is 1. The van der Waals surface area contributed by atoms with Gasteiger partial charge in [0.05, 0.1) is 0 Å². The first-order chi connectivity index (χ1) is 11.4. The molecule has 0 saturated heterocycles. The first kappa shape index (κ1) is 16.2. The zero-order valence-electron chi connectivity index (χ0n) is 12.3. The Morgan fingerprint density at radius 1 is 1.08 bits per heavy atom. The first-order valence-electron chi connectivity index (χ1n) is 7.22. The van der Waals surface area contributed by atoms with Gasteiger partial charge in [0.15, 0.2) is 5.69 Å². The average Bonchev–Trinajstić information content (AvgIpc) is 3.03. The molecule has 0 bridgehead atoms. The number of fused-ring (bicyclic) bond motifs is 1. The SMILES string of the molecule is O=C(OC(=O)C(F)(F)F)c1n[nH]nc1-c1ccc2c(c1)CCCC2. The fourth-order valence-electron chi connectivity index (χ4n) is 2.65. The van der Waals surface area contributed by atoms with Crippen LogP contribution in [0.3, 0.4) is 0 Å². The zero-order valence-corrected chi connectivity index (χ0v) is 12.3. The number of aryl methyl sites for hydroxylation is 2. The molecule has 0 atom stereocenters. The van der Waals surface area contributed by atoms with E-state index in [4.69, 9.17) is 0 Å². The minimum atomic E-state index is -5.26. The number of hydrogen-bond donors (Lipinski definition) is 1. The van der Waals surface area contributed by atoms with E-state index in [0.29, 0.717) is 5.56 Å². The number of ether oxygens (including phenoxy) is 1. The lowest BCUT2D eigenvalue weighted by Gasteiger charge is -2.16. The van der Waals surface area contributed by atoms with Gasteiger partial charge in [-0.25, -0.2) is 9.59 Å². The van der Waals surface area contributed by atoms with Crippen molar-refractivity contribution in [1.29, 1.82) is 0 Å². The van der Waals surface area contributed by atoms with Gasteiger partial charge in [0.1, 0.15) is 5.69 Å². The number of carbonyl (C=O) groups is 2. The Bertz CT molecular complexity index is 799. The summed E-state index contributed by atoms with van der Waals surface area (Å²) in [6.07, 6.45) is -1.26. The molecule has 9 heteroatoms. The maximum atomic E-state index is 12.2. The molecule has 126 valence electrons. The molecular formula is C15H12F3N3O3. The summed E-state index contributed by atoms with van der Waals surface area (Å²) in [5, 5.41) is 9.48. The number of nitrogens with zero attached hydrogens (tertiary/aromatic N) is 2. The fraction of sp³-hybridized carbons (Fsp3) is 0.333. The number of aromatic nitrogens is 3. The summed E-state index contributed by atoms with van der Waals surface area (Å²) < 4.78 is 40.4. The van der Waals surface area contributed by atoms with Gasteiger partial charge >= 0.3 is 18.1 Å². The van der Waals surface area contributed by atoms with E-state index in [0.717, 1.165) is 31.2 Å². The Labute approximate surface area is 134 Å². The van der Waals surface area contributed by atoms with E-state index in [1.807, 2.05) is 12.1 Å². The zero-order chi connectivity index (χ0) is 17.3. The average molecular weight is 339 g/mol. The largest absolute Gasteiger partial charge is 0.491 e. The van der Waals surface area contributed by atoms with Gasteiger partial charge in [-0.1, -0.05) is 12.1 Å². The van der Waals surface area contributed by atoms with Crippen molar-refractivity contribution in [3.8, 4) is 11.3 Å². The van der Waals surface area contributed by atoms with E-state index in [-0.39, 0.29) is 5.69 Å². The van der Waals surface area contributed by atoms with Crippen LogP contribution in [-0.2, 0) is 22.4 Å². The van der Waals surface area contributed by atoms with Crippen molar-refractivity contribution in [2.24, 2.45) is 0 Å². The molecule has 0 amide bonds. The van der Waals surface area contributed by atoms with Gasteiger partial charge in [-0.15, -0.1) is 5.10 Å². The maximum absolute atomic E-state index is 12.2. The number of esters is 2. The van der Waals surface area contributed by atoms with E-state index in [1.165, 1.54) is 5.56 Å². The summed E-state index contributed by atoms with van der Waals surface area (Å²) in [5.41, 5.74) is 2.40. The number of rotatable bonds is 2. The van der Waals surface area contributed by atoms with Crippen LogP contribution < -0.4 is 0 Å². The van der Waals surface area contributed by atoms with Crippen molar-refractivity contribution in [2.75, 3.05) is 0 Å². The first-order valence-corrected chi connectivity index (χ1v) is 7.22. The highest BCUT2D eigenvalue weighted by molar-refractivity contribution is 6.00. The normalized spacial score (nSPS) is 14.1. The molecule has 0 aliphatic heterocycles. The molecule has 24 heavy (non-hydrogen) atoms. The number of aromatic amines is 1. The highest BCUT2D eigenvalue weighted by Gasteiger charge is 2.43. The molecule has 1 heterocycles. The van der Waals surface area contributed by atoms with Crippen LogP contribution in [0.25, 0.3) is 11.3 Å². The second-order valence-electron chi connectivity index (χ2n) is 5.39. The van der Waals surface area contributed by atoms with E-state index in [2.05, 4.69) is 20.1 Å². The summed E-state index contributed by atoms with van der Waals surface area (Å²) >= 11 is 0. The highest BCUT2D eigenvalue weighted by Crippen LogP contribution is 2.28. The van der Waals surface area contributed by atoms with Crippen LogP contribution in [0.2, 0.25) is 0 Å². The third-order valence-electron chi connectivity index (χ3n) is 3.78. The van der Waals surface area contributed by atoms with Gasteiger partial charge in [0.2, 0.25) is 0 Å². The van der Waals surface area contributed by atoms with Gasteiger partial charge in [-0.2, -0.15) is 23.5 Å². The van der Waals surface area contributed by atoms with Crippen LogP contribution >= 0.6 is 0 Å². The van der Waals surface area contributed by atoms with Crippen molar-refractivity contribution in [1.82, 2.24) is 15.4 Å². The lowest BCUT2D eigenvalue weighted by molar-refractivity contribution is -0.193. The molecular weight excluding hydrogens is 327 g/mol. The number of halogens is 3. The number of alkyl halides is 3. The Kier molecular flexibility index (Phi) is 4.08. The monoisotopic (exact) mass is 339 g/mol. The number of carbonyl (C=O) groups excluding carboxylic acids is 2. The Hall–Kier alpha value is -2.71.